The molecule has 0 spiro atoms. The predicted molar refractivity (Wildman–Crippen MR) is 100 cm³/mol. The molecule has 0 saturated heterocycles. The molecule has 8 heteroatoms. The SMILES string of the molecule is Cc1nn(-c2ccccc2)c(C)c1NC(=O)c1cnc2sccn2c1=O. The summed E-state index contributed by atoms with van der Waals surface area (Å²) in [7, 11) is 0. The summed E-state index contributed by atoms with van der Waals surface area (Å²) in [4.78, 5) is 29.8. The topological polar surface area (TPSA) is 81.3 Å². The van der Waals surface area contributed by atoms with Crippen LogP contribution in [0, 0.1) is 13.8 Å². The van der Waals surface area contributed by atoms with Crippen molar-refractivity contribution in [1.29, 1.82) is 0 Å². The average Bonchev–Trinajstić information content (AvgIpc) is 3.23. The van der Waals surface area contributed by atoms with E-state index in [0.717, 1.165) is 11.4 Å². The quantitative estimate of drug-likeness (QED) is 0.605. The highest BCUT2D eigenvalue weighted by atomic mass is 32.1. The maximum atomic E-state index is 12.7. The Kier molecular flexibility index (Phi) is 3.89. The van der Waals surface area contributed by atoms with Crippen molar-refractivity contribution in [3.8, 4) is 5.69 Å². The lowest BCUT2D eigenvalue weighted by molar-refractivity contribution is 0.102. The van der Waals surface area contributed by atoms with Gasteiger partial charge in [-0.2, -0.15) is 5.10 Å². The van der Waals surface area contributed by atoms with Crippen LogP contribution in [0.4, 0.5) is 5.69 Å². The summed E-state index contributed by atoms with van der Waals surface area (Å²) in [5, 5.41) is 9.06. The molecule has 1 aromatic carbocycles. The summed E-state index contributed by atoms with van der Waals surface area (Å²) in [6.07, 6.45) is 2.92. The van der Waals surface area contributed by atoms with E-state index in [0.29, 0.717) is 16.3 Å². The zero-order valence-corrected chi connectivity index (χ0v) is 14.9. The van der Waals surface area contributed by atoms with Crippen molar-refractivity contribution < 1.29 is 4.79 Å². The van der Waals surface area contributed by atoms with Gasteiger partial charge in [0, 0.05) is 17.8 Å². The number of carbonyl (C=O) groups excluding carboxylic acids is 1. The number of para-hydroxylation sites is 1. The van der Waals surface area contributed by atoms with Crippen molar-refractivity contribution >= 4 is 27.9 Å². The third kappa shape index (κ3) is 2.60. The maximum absolute atomic E-state index is 12.7. The van der Waals surface area contributed by atoms with Crippen molar-refractivity contribution in [2.24, 2.45) is 0 Å². The first-order valence-electron chi connectivity index (χ1n) is 7.94. The van der Waals surface area contributed by atoms with Gasteiger partial charge in [0.2, 0.25) is 0 Å². The number of fused-ring (bicyclic) bond motifs is 1. The molecule has 130 valence electrons. The van der Waals surface area contributed by atoms with Crippen molar-refractivity contribution in [2.45, 2.75) is 13.8 Å². The number of nitrogens with one attached hydrogen (secondary N) is 1. The molecule has 4 aromatic rings. The Hall–Kier alpha value is -3.26. The average molecular weight is 365 g/mol. The molecule has 3 aromatic heterocycles. The Balaban J connectivity index is 1.71. The summed E-state index contributed by atoms with van der Waals surface area (Å²) in [5.74, 6) is -0.498. The van der Waals surface area contributed by atoms with E-state index in [-0.39, 0.29) is 11.1 Å². The summed E-state index contributed by atoms with van der Waals surface area (Å²) < 4.78 is 3.13. The minimum atomic E-state index is -0.498. The van der Waals surface area contributed by atoms with Crippen LogP contribution in [-0.4, -0.2) is 25.1 Å². The van der Waals surface area contributed by atoms with Gasteiger partial charge in [-0.1, -0.05) is 18.2 Å². The Morgan fingerprint density at radius 1 is 1.19 bits per heavy atom. The van der Waals surface area contributed by atoms with Crippen molar-refractivity contribution in [3.63, 3.8) is 0 Å². The number of aryl methyl sites for hydroxylation is 1. The van der Waals surface area contributed by atoms with Crippen LogP contribution in [-0.2, 0) is 0 Å². The number of benzene rings is 1. The van der Waals surface area contributed by atoms with Crippen LogP contribution in [0.5, 0.6) is 0 Å². The van der Waals surface area contributed by atoms with Gasteiger partial charge in [0.25, 0.3) is 11.5 Å². The van der Waals surface area contributed by atoms with Crippen LogP contribution in [0.25, 0.3) is 10.6 Å². The molecule has 0 aliphatic rings. The van der Waals surface area contributed by atoms with Gasteiger partial charge < -0.3 is 5.32 Å². The minimum absolute atomic E-state index is 0.00726. The molecule has 26 heavy (non-hydrogen) atoms. The normalized spacial score (nSPS) is 11.0. The van der Waals surface area contributed by atoms with E-state index < -0.39 is 5.91 Å². The number of aromatic nitrogens is 4. The second-order valence-corrected chi connectivity index (χ2v) is 6.65. The van der Waals surface area contributed by atoms with Gasteiger partial charge in [0.15, 0.2) is 4.96 Å². The third-order valence-corrected chi connectivity index (χ3v) is 4.89. The van der Waals surface area contributed by atoms with Crippen LogP contribution in [0.15, 0.2) is 52.9 Å². The molecule has 1 N–H and O–H groups in total. The van der Waals surface area contributed by atoms with E-state index in [1.165, 1.54) is 21.9 Å². The molecular formula is C18H15N5O2S. The second kappa shape index (κ2) is 6.23. The first kappa shape index (κ1) is 16.2. The number of amides is 1. The van der Waals surface area contributed by atoms with Crippen molar-refractivity contribution in [3.05, 3.63) is 75.4 Å². The highest BCUT2D eigenvalue weighted by molar-refractivity contribution is 7.15. The van der Waals surface area contributed by atoms with Crippen molar-refractivity contribution in [2.75, 3.05) is 5.32 Å². The first-order chi connectivity index (χ1) is 12.6. The molecule has 0 unspecified atom stereocenters. The standard InChI is InChI=1S/C18H15N5O2S/c1-11-15(12(2)23(21-11)13-6-4-3-5-7-13)20-16(24)14-10-19-18-22(17(14)25)8-9-26-18/h3-10H,1-2H3,(H,20,24). The van der Waals surface area contributed by atoms with Crippen LogP contribution >= 0.6 is 11.3 Å². The Labute approximate surface area is 152 Å². The molecule has 3 heterocycles. The molecule has 0 saturated carbocycles. The third-order valence-electron chi connectivity index (χ3n) is 4.12. The maximum Gasteiger partial charge on any atom is 0.271 e. The summed E-state index contributed by atoms with van der Waals surface area (Å²) in [5.41, 5.74) is 2.55. The first-order valence-corrected chi connectivity index (χ1v) is 8.82. The zero-order valence-electron chi connectivity index (χ0n) is 14.1. The Morgan fingerprint density at radius 2 is 1.96 bits per heavy atom. The van der Waals surface area contributed by atoms with E-state index in [9.17, 15) is 9.59 Å². The van der Waals surface area contributed by atoms with Gasteiger partial charge >= 0.3 is 0 Å². The molecule has 1 amide bonds. The second-order valence-electron chi connectivity index (χ2n) is 5.78. The molecule has 7 nitrogen and oxygen atoms in total. The van der Waals surface area contributed by atoms with Crippen molar-refractivity contribution in [1.82, 2.24) is 19.2 Å². The van der Waals surface area contributed by atoms with E-state index in [2.05, 4.69) is 15.4 Å². The number of rotatable bonds is 3. The number of hydrogen-bond donors (Lipinski definition) is 1. The lowest BCUT2D eigenvalue weighted by Gasteiger charge is -2.07. The molecular weight excluding hydrogens is 350 g/mol. The molecule has 0 aliphatic heterocycles. The molecule has 0 radical (unpaired) electrons. The minimum Gasteiger partial charge on any atom is -0.319 e. The predicted octanol–water partition coefficient (Wildman–Crippen LogP) is 2.81. The Morgan fingerprint density at radius 3 is 2.73 bits per heavy atom. The lowest BCUT2D eigenvalue weighted by atomic mass is 10.2. The highest BCUT2D eigenvalue weighted by Crippen LogP contribution is 2.23. The zero-order chi connectivity index (χ0) is 18.3. The number of hydrogen-bond acceptors (Lipinski definition) is 5. The Bertz CT molecular complexity index is 1170. The largest absolute Gasteiger partial charge is 0.319 e. The van der Waals surface area contributed by atoms with Gasteiger partial charge in [-0.05, 0) is 26.0 Å². The summed E-state index contributed by atoms with van der Waals surface area (Å²) >= 11 is 1.34. The monoisotopic (exact) mass is 365 g/mol. The van der Waals surface area contributed by atoms with Crippen LogP contribution in [0.3, 0.4) is 0 Å². The molecule has 0 aliphatic carbocycles. The van der Waals surface area contributed by atoms with E-state index >= 15 is 0 Å². The summed E-state index contributed by atoms with van der Waals surface area (Å²) in [6, 6.07) is 9.65. The van der Waals surface area contributed by atoms with Gasteiger partial charge in [-0.15, -0.1) is 11.3 Å². The van der Waals surface area contributed by atoms with Gasteiger partial charge in [-0.3, -0.25) is 14.0 Å². The van der Waals surface area contributed by atoms with Gasteiger partial charge in [0.05, 0.1) is 22.8 Å². The molecule has 0 bridgehead atoms. The molecule has 0 fully saturated rings. The smallest absolute Gasteiger partial charge is 0.271 e. The number of anilines is 1. The number of thiazole rings is 1. The fourth-order valence-corrected chi connectivity index (χ4v) is 3.48. The lowest BCUT2D eigenvalue weighted by Crippen LogP contribution is -2.26. The molecule has 4 rings (SSSR count). The highest BCUT2D eigenvalue weighted by Gasteiger charge is 2.19. The number of nitrogens with zero attached hydrogens (tertiary/aromatic N) is 4. The summed E-state index contributed by atoms with van der Waals surface area (Å²) in [6.45, 7) is 3.69. The number of carbonyl (C=O) groups is 1. The van der Waals surface area contributed by atoms with E-state index in [1.807, 2.05) is 44.2 Å². The fourth-order valence-electron chi connectivity index (χ4n) is 2.81. The van der Waals surface area contributed by atoms with Crippen LogP contribution in [0.2, 0.25) is 0 Å². The van der Waals surface area contributed by atoms with Crippen LogP contribution < -0.4 is 10.9 Å². The van der Waals surface area contributed by atoms with E-state index in [1.54, 1.807) is 16.3 Å². The van der Waals surface area contributed by atoms with Gasteiger partial charge in [-0.25, -0.2) is 9.67 Å². The van der Waals surface area contributed by atoms with Crippen LogP contribution in [0.1, 0.15) is 21.7 Å². The molecule has 0 atom stereocenters. The fraction of sp³-hybridized carbons (Fsp3) is 0.111. The van der Waals surface area contributed by atoms with E-state index in [4.69, 9.17) is 0 Å². The van der Waals surface area contributed by atoms with Gasteiger partial charge in [0.1, 0.15) is 5.56 Å².